The molecule has 4 heteroatoms. The number of carbonyl (C=O) groups is 1. The molecule has 2 rings (SSSR count). The molecule has 2 fully saturated rings. The Morgan fingerprint density at radius 3 is 2.33 bits per heavy atom. The fourth-order valence-corrected chi connectivity index (χ4v) is 3.40. The summed E-state index contributed by atoms with van der Waals surface area (Å²) in [5.41, 5.74) is 5.97. The van der Waals surface area contributed by atoms with Crippen molar-refractivity contribution in [3.8, 4) is 0 Å². The SMILES string of the molecule is CC1CN(C(=O)C2CCC(N)CC2C)CC(C)O1. The van der Waals surface area contributed by atoms with Crippen LogP contribution in [0.5, 0.6) is 0 Å². The molecule has 1 saturated carbocycles. The van der Waals surface area contributed by atoms with Crippen LogP contribution in [0.2, 0.25) is 0 Å². The zero-order valence-corrected chi connectivity index (χ0v) is 11.8. The second-order valence-corrected chi connectivity index (χ2v) is 6.16. The zero-order chi connectivity index (χ0) is 13.3. The van der Waals surface area contributed by atoms with Gasteiger partial charge in [-0.05, 0) is 39.0 Å². The van der Waals surface area contributed by atoms with E-state index in [1.807, 2.05) is 18.7 Å². The van der Waals surface area contributed by atoms with Gasteiger partial charge in [0.2, 0.25) is 5.91 Å². The molecule has 5 unspecified atom stereocenters. The molecule has 0 aromatic carbocycles. The number of amides is 1. The van der Waals surface area contributed by atoms with Crippen LogP contribution in [0.25, 0.3) is 0 Å². The van der Waals surface area contributed by atoms with Crippen LogP contribution in [0.15, 0.2) is 0 Å². The Hall–Kier alpha value is -0.610. The highest BCUT2D eigenvalue weighted by molar-refractivity contribution is 5.79. The van der Waals surface area contributed by atoms with Crippen molar-refractivity contribution in [1.29, 1.82) is 0 Å². The predicted octanol–water partition coefficient (Wildman–Crippen LogP) is 1.39. The Morgan fingerprint density at radius 2 is 1.78 bits per heavy atom. The van der Waals surface area contributed by atoms with Gasteiger partial charge in [-0.3, -0.25) is 4.79 Å². The number of rotatable bonds is 1. The van der Waals surface area contributed by atoms with Crippen LogP contribution in [-0.2, 0) is 9.53 Å². The van der Waals surface area contributed by atoms with Gasteiger partial charge in [0.1, 0.15) is 0 Å². The first-order chi connectivity index (χ1) is 8.47. The maximum Gasteiger partial charge on any atom is 0.226 e. The second-order valence-electron chi connectivity index (χ2n) is 6.16. The summed E-state index contributed by atoms with van der Waals surface area (Å²) < 4.78 is 5.68. The number of hydrogen-bond donors (Lipinski definition) is 1. The molecule has 1 heterocycles. The Morgan fingerprint density at radius 1 is 1.17 bits per heavy atom. The van der Waals surface area contributed by atoms with Crippen molar-refractivity contribution in [2.24, 2.45) is 17.6 Å². The normalized spacial score (nSPS) is 41.8. The second kappa shape index (κ2) is 5.57. The van der Waals surface area contributed by atoms with Crippen LogP contribution in [0.4, 0.5) is 0 Å². The number of ether oxygens (including phenoxy) is 1. The van der Waals surface area contributed by atoms with Gasteiger partial charge in [-0.15, -0.1) is 0 Å². The fraction of sp³-hybridized carbons (Fsp3) is 0.929. The molecule has 0 radical (unpaired) electrons. The standard InChI is InChI=1S/C14H26N2O2/c1-9-6-12(15)4-5-13(9)14(17)16-7-10(2)18-11(3)8-16/h9-13H,4-8,15H2,1-3H3. The van der Waals surface area contributed by atoms with Crippen LogP contribution in [0.3, 0.4) is 0 Å². The van der Waals surface area contributed by atoms with E-state index in [-0.39, 0.29) is 24.2 Å². The third kappa shape index (κ3) is 3.04. The van der Waals surface area contributed by atoms with Crippen molar-refractivity contribution in [2.75, 3.05) is 13.1 Å². The molecular weight excluding hydrogens is 228 g/mol. The van der Waals surface area contributed by atoms with E-state index in [0.29, 0.717) is 11.8 Å². The molecule has 104 valence electrons. The van der Waals surface area contributed by atoms with Gasteiger partial charge in [0.25, 0.3) is 0 Å². The lowest BCUT2D eigenvalue weighted by Crippen LogP contribution is -2.51. The van der Waals surface area contributed by atoms with E-state index in [4.69, 9.17) is 10.5 Å². The quantitative estimate of drug-likeness (QED) is 0.769. The fourth-order valence-electron chi connectivity index (χ4n) is 3.40. The summed E-state index contributed by atoms with van der Waals surface area (Å²) in [6.45, 7) is 7.71. The highest BCUT2D eigenvalue weighted by atomic mass is 16.5. The van der Waals surface area contributed by atoms with Crippen molar-refractivity contribution in [1.82, 2.24) is 4.90 Å². The van der Waals surface area contributed by atoms with Crippen LogP contribution < -0.4 is 5.73 Å². The molecule has 2 aliphatic rings. The average molecular weight is 254 g/mol. The Labute approximate surface area is 110 Å². The Kier molecular flexibility index (Phi) is 4.28. The van der Waals surface area contributed by atoms with Gasteiger partial charge in [-0.1, -0.05) is 6.92 Å². The first-order valence-corrected chi connectivity index (χ1v) is 7.17. The summed E-state index contributed by atoms with van der Waals surface area (Å²) in [4.78, 5) is 14.6. The zero-order valence-electron chi connectivity index (χ0n) is 11.8. The van der Waals surface area contributed by atoms with E-state index < -0.39 is 0 Å². The van der Waals surface area contributed by atoms with Crippen molar-refractivity contribution in [2.45, 2.75) is 58.3 Å². The topological polar surface area (TPSA) is 55.6 Å². The van der Waals surface area contributed by atoms with E-state index in [2.05, 4.69) is 6.92 Å². The van der Waals surface area contributed by atoms with Gasteiger partial charge in [-0.25, -0.2) is 0 Å². The summed E-state index contributed by atoms with van der Waals surface area (Å²) in [6.07, 6.45) is 3.21. The first-order valence-electron chi connectivity index (χ1n) is 7.17. The number of hydrogen-bond acceptors (Lipinski definition) is 3. The van der Waals surface area contributed by atoms with Crippen LogP contribution in [0, 0.1) is 11.8 Å². The van der Waals surface area contributed by atoms with Crippen molar-refractivity contribution in [3.05, 3.63) is 0 Å². The van der Waals surface area contributed by atoms with Gasteiger partial charge in [0, 0.05) is 25.0 Å². The highest BCUT2D eigenvalue weighted by Gasteiger charge is 2.36. The van der Waals surface area contributed by atoms with Gasteiger partial charge in [0.05, 0.1) is 12.2 Å². The van der Waals surface area contributed by atoms with E-state index in [0.717, 1.165) is 32.4 Å². The molecular formula is C14H26N2O2. The molecule has 1 aliphatic heterocycles. The lowest BCUT2D eigenvalue weighted by molar-refractivity contribution is -0.150. The molecule has 5 atom stereocenters. The third-order valence-corrected chi connectivity index (χ3v) is 4.26. The van der Waals surface area contributed by atoms with Crippen molar-refractivity contribution >= 4 is 5.91 Å². The minimum absolute atomic E-state index is 0.152. The van der Waals surface area contributed by atoms with E-state index in [1.54, 1.807) is 0 Å². The van der Waals surface area contributed by atoms with Gasteiger partial charge >= 0.3 is 0 Å². The average Bonchev–Trinajstić information content (AvgIpc) is 2.26. The molecule has 0 bridgehead atoms. The number of morpholine rings is 1. The monoisotopic (exact) mass is 254 g/mol. The van der Waals surface area contributed by atoms with Crippen LogP contribution >= 0.6 is 0 Å². The maximum atomic E-state index is 12.6. The minimum atomic E-state index is 0.152. The molecule has 1 amide bonds. The molecule has 1 aliphatic carbocycles. The van der Waals surface area contributed by atoms with Gasteiger partial charge in [-0.2, -0.15) is 0 Å². The van der Waals surface area contributed by atoms with Crippen molar-refractivity contribution < 1.29 is 9.53 Å². The molecule has 1 saturated heterocycles. The Bertz CT molecular complexity index is 298. The van der Waals surface area contributed by atoms with E-state index in [1.165, 1.54) is 0 Å². The summed E-state index contributed by atoms with van der Waals surface area (Å²) >= 11 is 0. The molecule has 18 heavy (non-hydrogen) atoms. The molecule has 0 aromatic rings. The lowest BCUT2D eigenvalue weighted by atomic mass is 9.77. The van der Waals surface area contributed by atoms with E-state index in [9.17, 15) is 4.79 Å². The van der Waals surface area contributed by atoms with Crippen LogP contribution in [0.1, 0.15) is 40.0 Å². The van der Waals surface area contributed by atoms with E-state index >= 15 is 0 Å². The van der Waals surface area contributed by atoms with Gasteiger partial charge in [0.15, 0.2) is 0 Å². The molecule has 2 N–H and O–H groups in total. The number of carbonyl (C=O) groups excluding carboxylic acids is 1. The van der Waals surface area contributed by atoms with Crippen LogP contribution in [-0.4, -0.2) is 42.1 Å². The maximum absolute atomic E-state index is 12.6. The smallest absolute Gasteiger partial charge is 0.226 e. The van der Waals surface area contributed by atoms with Gasteiger partial charge < -0.3 is 15.4 Å². The number of nitrogens with two attached hydrogens (primary N) is 1. The first kappa shape index (κ1) is 13.8. The molecule has 4 nitrogen and oxygen atoms in total. The summed E-state index contributed by atoms with van der Waals surface area (Å²) in [5, 5.41) is 0. The summed E-state index contributed by atoms with van der Waals surface area (Å²) in [6, 6.07) is 0.284. The summed E-state index contributed by atoms with van der Waals surface area (Å²) in [7, 11) is 0. The largest absolute Gasteiger partial charge is 0.372 e. The summed E-state index contributed by atoms with van der Waals surface area (Å²) in [5.74, 6) is 0.897. The highest BCUT2D eigenvalue weighted by Crippen LogP contribution is 2.31. The van der Waals surface area contributed by atoms with Crippen molar-refractivity contribution in [3.63, 3.8) is 0 Å². The predicted molar refractivity (Wildman–Crippen MR) is 71.1 cm³/mol. The number of nitrogens with zero attached hydrogens (tertiary/aromatic N) is 1. The molecule has 0 aromatic heterocycles. The third-order valence-electron chi connectivity index (χ3n) is 4.26. The Balaban J connectivity index is 1.98. The minimum Gasteiger partial charge on any atom is -0.372 e. The molecule has 0 spiro atoms. The lowest BCUT2D eigenvalue weighted by Gasteiger charge is -2.40.